The second-order valence-corrected chi connectivity index (χ2v) is 7.68. The molecule has 1 aromatic rings. The van der Waals surface area contributed by atoms with E-state index in [0.717, 1.165) is 23.7 Å². The predicted molar refractivity (Wildman–Crippen MR) is 92.5 cm³/mol. The lowest BCUT2D eigenvalue weighted by Gasteiger charge is -2.54. The minimum atomic E-state index is -0.220. The number of carbonyl (C=O) groups excluding carboxylic acids is 1. The van der Waals surface area contributed by atoms with Gasteiger partial charge < -0.3 is 9.73 Å². The van der Waals surface area contributed by atoms with Crippen molar-refractivity contribution in [3.05, 3.63) is 30.2 Å². The van der Waals surface area contributed by atoms with E-state index in [1.54, 1.807) is 24.5 Å². The van der Waals surface area contributed by atoms with Gasteiger partial charge in [-0.05, 0) is 86.2 Å². The van der Waals surface area contributed by atoms with Gasteiger partial charge in [0.1, 0.15) is 5.76 Å². The Balaban J connectivity index is 1.31. The number of hydrogen-bond acceptors (Lipinski definition) is 3. The molecule has 1 aromatic heterocycles. The smallest absolute Gasteiger partial charge is 0.250 e. The fourth-order valence-corrected chi connectivity index (χ4v) is 5.28. The Labute approximate surface area is 141 Å². The molecule has 0 unspecified atom stereocenters. The maximum atomic E-state index is 11.9. The van der Waals surface area contributed by atoms with Crippen molar-refractivity contribution in [1.29, 1.82) is 0 Å². The molecule has 5 rings (SSSR count). The average molecular weight is 330 g/mol. The summed E-state index contributed by atoms with van der Waals surface area (Å²) in [6.07, 6.45) is 11.4. The number of carbonyl (C=O) groups is 1. The summed E-state index contributed by atoms with van der Waals surface area (Å²) in [7, 11) is 0. The topological polar surface area (TPSA) is 54.3 Å². The molecule has 4 fully saturated rings. The zero-order valence-corrected chi connectivity index (χ0v) is 13.9. The summed E-state index contributed by atoms with van der Waals surface area (Å²) in [6.45, 7) is 0. The van der Waals surface area contributed by atoms with Crippen molar-refractivity contribution in [2.24, 2.45) is 23.7 Å². The highest BCUT2D eigenvalue weighted by molar-refractivity contribution is 7.80. The minimum absolute atomic E-state index is 0.220. The molecule has 23 heavy (non-hydrogen) atoms. The first-order valence-electron chi connectivity index (χ1n) is 8.50. The minimum Gasteiger partial charge on any atom is -0.465 e. The maximum absolute atomic E-state index is 11.9. The van der Waals surface area contributed by atoms with Gasteiger partial charge in [0.15, 0.2) is 5.11 Å². The molecule has 4 bridgehead atoms. The van der Waals surface area contributed by atoms with Crippen LogP contribution in [-0.2, 0) is 4.79 Å². The van der Waals surface area contributed by atoms with E-state index in [0.29, 0.717) is 16.9 Å². The summed E-state index contributed by atoms with van der Waals surface area (Å²) < 4.78 is 5.16. The van der Waals surface area contributed by atoms with Crippen LogP contribution in [0.1, 0.15) is 37.9 Å². The third-order valence-electron chi connectivity index (χ3n) is 5.70. The zero-order chi connectivity index (χ0) is 15.8. The summed E-state index contributed by atoms with van der Waals surface area (Å²) in [6, 6.07) is 4.04. The van der Waals surface area contributed by atoms with Crippen molar-refractivity contribution >= 4 is 29.3 Å². The van der Waals surface area contributed by atoms with Crippen molar-refractivity contribution in [3.63, 3.8) is 0 Å². The lowest BCUT2D eigenvalue weighted by atomic mass is 9.54. The normalized spacial score (nSPS) is 34.7. The van der Waals surface area contributed by atoms with E-state index in [2.05, 4.69) is 10.6 Å². The fraction of sp³-hybridized carbons (Fsp3) is 0.556. The molecule has 0 saturated heterocycles. The van der Waals surface area contributed by atoms with Crippen LogP contribution in [0.2, 0.25) is 0 Å². The van der Waals surface area contributed by atoms with Crippen LogP contribution in [0.4, 0.5) is 0 Å². The summed E-state index contributed by atoms with van der Waals surface area (Å²) >= 11 is 5.34. The molecule has 4 aliphatic carbocycles. The molecule has 4 saturated carbocycles. The van der Waals surface area contributed by atoms with Gasteiger partial charge in [0.2, 0.25) is 5.91 Å². The number of amides is 1. The Morgan fingerprint density at radius 1 is 1.17 bits per heavy atom. The van der Waals surface area contributed by atoms with Gasteiger partial charge >= 0.3 is 0 Å². The van der Waals surface area contributed by atoms with Crippen LogP contribution in [0.25, 0.3) is 6.08 Å². The number of furan rings is 1. The van der Waals surface area contributed by atoms with Crippen LogP contribution in [-0.4, -0.2) is 17.1 Å². The van der Waals surface area contributed by atoms with Crippen molar-refractivity contribution in [2.45, 2.75) is 38.1 Å². The second kappa shape index (κ2) is 6.11. The zero-order valence-electron chi connectivity index (χ0n) is 13.0. The van der Waals surface area contributed by atoms with E-state index in [1.165, 1.54) is 38.2 Å². The van der Waals surface area contributed by atoms with Crippen LogP contribution in [0, 0.1) is 23.7 Å². The van der Waals surface area contributed by atoms with Crippen molar-refractivity contribution in [1.82, 2.24) is 10.6 Å². The number of thiocarbonyl (C=S) groups is 1. The summed E-state index contributed by atoms with van der Waals surface area (Å²) in [5, 5.41) is 6.64. The molecule has 1 heterocycles. The van der Waals surface area contributed by atoms with E-state index in [-0.39, 0.29) is 5.91 Å². The lowest BCUT2D eigenvalue weighted by molar-refractivity contribution is -0.115. The monoisotopic (exact) mass is 330 g/mol. The Morgan fingerprint density at radius 2 is 1.87 bits per heavy atom. The van der Waals surface area contributed by atoms with Gasteiger partial charge in [-0.3, -0.25) is 10.1 Å². The molecular formula is C18H22N2O2S. The first-order valence-corrected chi connectivity index (χ1v) is 8.91. The Morgan fingerprint density at radius 3 is 2.48 bits per heavy atom. The van der Waals surface area contributed by atoms with Gasteiger partial charge in [-0.1, -0.05) is 0 Å². The SMILES string of the molecule is O=C(C=Cc1ccco1)NC(=S)NC1C2CC3CC(C2)CC1C3. The second-order valence-electron chi connectivity index (χ2n) is 7.27. The highest BCUT2D eigenvalue weighted by Crippen LogP contribution is 2.53. The van der Waals surface area contributed by atoms with Crippen LogP contribution < -0.4 is 10.6 Å². The third kappa shape index (κ3) is 3.20. The fourth-order valence-electron chi connectivity index (χ4n) is 5.05. The largest absolute Gasteiger partial charge is 0.465 e. The van der Waals surface area contributed by atoms with Crippen molar-refractivity contribution in [3.8, 4) is 0 Å². The molecule has 2 N–H and O–H groups in total. The molecule has 4 aliphatic rings. The standard InChI is InChI=1S/C18H22N2O2S/c21-16(4-3-15-2-1-5-22-15)19-18(23)20-17-13-7-11-6-12(9-13)10-14(17)8-11/h1-5,11-14,17H,6-10H2,(H2,19,20,21,23). The highest BCUT2D eigenvalue weighted by Gasteiger charge is 2.48. The molecule has 0 aliphatic heterocycles. The molecule has 0 atom stereocenters. The highest BCUT2D eigenvalue weighted by atomic mass is 32.1. The average Bonchev–Trinajstić information content (AvgIpc) is 3.01. The molecule has 0 aromatic carbocycles. The molecule has 0 radical (unpaired) electrons. The van der Waals surface area contributed by atoms with Crippen molar-refractivity contribution in [2.75, 3.05) is 0 Å². The van der Waals surface area contributed by atoms with Gasteiger partial charge in [-0.15, -0.1) is 0 Å². The Kier molecular flexibility index (Phi) is 3.97. The van der Waals surface area contributed by atoms with Crippen LogP contribution in [0.15, 0.2) is 28.9 Å². The van der Waals surface area contributed by atoms with Gasteiger partial charge in [0.25, 0.3) is 0 Å². The predicted octanol–water partition coefficient (Wildman–Crippen LogP) is 3.11. The summed E-state index contributed by atoms with van der Waals surface area (Å²) in [5.41, 5.74) is 0. The summed E-state index contributed by atoms with van der Waals surface area (Å²) in [4.78, 5) is 11.9. The Hall–Kier alpha value is -1.62. The molecule has 122 valence electrons. The maximum Gasteiger partial charge on any atom is 0.250 e. The van der Waals surface area contributed by atoms with Crippen LogP contribution in [0.3, 0.4) is 0 Å². The van der Waals surface area contributed by atoms with Gasteiger partial charge in [0.05, 0.1) is 6.26 Å². The third-order valence-corrected chi connectivity index (χ3v) is 5.92. The molecule has 1 amide bonds. The van der Waals surface area contributed by atoms with Gasteiger partial charge in [0, 0.05) is 12.1 Å². The number of rotatable bonds is 3. The molecular weight excluding hydrogens is 308 g/mol. The Bertz CT molecular complexity index is 595. The first kappa shape index (κ1) is 14.9. The molecule has 5 heteroatoms. The number of hydrogen-bond donors (Lipinski definition) is 2. The van der Waals surface area contributed by atoms with E-state index >= 15 is 0 Å². The van der Waals surface area contributed by atoms with E-state index < -0.39 is 0 Å². The molecule has 4 nitrogen and oxygen atoms in total. The van der Waals surface area contributed by atoms with Crippen LogP contribution >= 0.6 is 12.2 Å². The van der Waals surface area contributed by atoms with E-state index in [9.17, 15) is 4.79 Å². The van der Waals surface area contributed by atoms with Gasteiger partial charge in [-0.2, -0.15) is 0 Å². The van der Waals surface area contributed by atoms with E-state index in [1.807, 2.05) is 0 Å². The number of nitrogens with one attached hydrogen (secondary N) is 2. The molecule has 0 spiro atoms. The van der Waals surface area contributed by atoms with Crippen LogP contribution in [0.5, 0.6) is 0 Å². The lowest BCUT2D eigenvalue weighted by Crippen LogP contribution is -2.57. The first-order chi connectivity index (χ1) is 11.2. The van der Waals surface area contributed by atoms with E-state index in [4.69, 9.17) is 16.6 Å². The quantitative estimate of drug-likeness (QED) is 0.660. The van der Waals surface area contributed by atoms with Crippen molar-refractivity contribution < 1.29 is 9.21 Å². The van der Waals surface area contributed by atoms with Gasteiger partial charge in [-0.25, -0.2) is 0 Å². The summed E-state index contributed by atoms with van der Waals surface area (Å²) in [5.74, 6) is 3.78.